The Morgan fingerprint density at radius 3 is 1.15 bits per heavy atom. The molecule has 2 aliphatic carbocycles. The molecule has 0 bridgehead atoms. The van der Waals surface area contributed by atoms with E-state index in [2.05, 4.69) is 89.3 Å². The molecule has 15 N–H and O–H groups in total. The largest absolute Gasteiger partial charge is 0.375 e. The van der Waals surface area contributed by atoms with Crippen LogP contribution in [0, 0.1) is 31.1 Å². The van der Waals surface area contributed by atoms with Crippen molar-refractivity contribution in [1.29, 1.82) is 0 Å². The monoisotopic (exact) mass is 2050 g/mol. The van der Waals surface area contributed by atoms with Crippen LogP contribution in [-0.2, 0) is 62.3 Å². The lowest BCUT2D eigenvalue weighted by molar-refractivity contribution is -0.142. The molecule has 4 aromatic heterocycles. The molecule has 774 valence electrons. The number of thioether (sulfide) groups is 2. The molecule has 16 rings (SSSR count). The van der Waals surface area contributed by atoms with Gasteiger partial charge in [0.15, 0.2) is 10.3 Å². The zero-order valence-electron chi connectivity index (χ0n) is 84.4. The van der Waals surface area contributed by atoms with Crippen molar-refractivity contribution in [2.45, 2.75) is 274 Å². The number of fused-ring (bicyclic) bond motifs is 2. The third kappa shape index (κ3) is 27.6. The van der Waals surface area contributed by atoms with Crippen LogP contribution in [0.5, 0.6) is 0 Å². The smallest absolute Gasteiger partial charge is 0.249 e. The lowest BCUT2D eigenvalue weighted by Gasteiger charge is -2.35. The number of para-hydroxylation sites is 2. The number of anilines is 6. The molecule has 13 amide bonds. The van der Waals surface area contributed by atoms with E-state index in [4.69, 9.17) is 5.73 Å². The molecule has 8 aliphatic rings. The number of likely N-dealkylation sites (tertiary alicyclic amines) is 2. The lowest BCUT2D eigenvalue weighted by Crippen LogP contribution is -2.57. The summed E-state index contributed by atoms with van der Waals surface area (Å²) >= 11 is 5.66. The number of aryl methyl sites for hydroxylation is 2. The number of nitrogens with zero attached hydrogens (tertiary/aromatic N) is 10. The van der Waals surface area contributed by atoms with E-state index in [0.29, 0.717) is 100.0 Å². The quantitative estimate of drug-likeness (QED) is 0.0207. The predicted molar refractivity (Wildman–Crippen MR) is 565 cm³/mol. The molecule has 37 nitrogen and oxygen atoms in total. The number of rotatable bonds is 29. The number of carbonyl (C=O) groups is 13. The zero-order chi connectivity index (χ0) is 103. The summed E-state index contributed by atoms with van der Waals surface area (Å²) < 4.78 is 3.39. The Morgan fingerprint density at radius 2 is 0.771 bits per heavy atom. The molecule has 8 fully saturated rings. The number of amides is 13. The highest BCUT2D eigenvalue weighted by Gasteiger charge is 2.50. The maximum absolute atomic E-state index is 14.0. The molecular formula is C103H140N24O13S4. The van der Waals surface area contributed by atoms with Crippen LogP contribution in [0.15, 0.2) is 133 Å². The van der Waals surface area contributed by atoms with Crippen LogP contribution in [0.4, 0.5) is 31.9 Å². The standard InChI is InChI=1S/C31H44N6O4S.C26H36N6O3S.2C23H30N6O3S/c1-19(32-5)25(38)33-24(21-15-10-7-11-16-21)28(40)37-18-12-17-22(37)26(39)35-27-23(20-13-8-6-9-14-20)34-30(42-27)36-29(41)31(2,3)4;1-16(28-2)22(33)29-21(18-12-7-4-8-13-18)25(35)32-15-9-14-19(32)23(34)31-24-20(30-26(27)36-24)17-10-5-3-6-11-17;2*1-14-12-19(29(27-14)16-8-5-4-6-9-16)26-22(31)18-13-33-20-11-7-10-17(23(32)28(18)20)25-21(30)15(2)24-3/h6,8-9,13-14,19,21-22,24,32H,7,10-12,15-18H2,1-5H3,(H,33,38)(H,35,39)(H,34,36,41);3,5-6,10-11,16,18-19,21,28H,4,7-9,12-15H2,1-2H3,(H2,27,30)(H,29,33)(H,31,34);2*4-6,8-9,12,15,17-18,20,24H,7,10-11,13H2,1-3H3,(H,25,30)(H,26,31)/t19-,22-,24-;16-,19-,21-;15-,17?,18-,20+;15-,17?,18-,20-/m0000/s1. The molecule has 6 saturated heterocycles. The molecule has 144 heavy (non-hydrogen) atoms. The second kappa shape index (κ2) is 51.2. The second-order valence-electron chi connectivity index (χ2n) is 38.9. The molecular weight excluding hydrogens is 1910 g/mol. The van der Waals surface area contributed by atoms with Crippen molar-refractivity contribution in [2.75, 3.05) is 85.1 Å². The highest BCUT2D eigenvalue weighted by molar-refractivity contribution is 8.00. The Balaban J connectivity index is 0.000000162. The Morgan fingerprint density at radius 1 is 0.410 bits per heavy atom. The van der Waals surface area contributed by atoms with Gasteiger partial charge in [-0.15, -0.1) is 23.5 Å². The Bertz CT molecular complexity index is 5610. The number of aromatic nitrogens is 6. The Hall–Kier alpha value is -12.0. The van der Waals surface area contributed by atoms with Crippen molar-refractivity contribution < 1.29 is 62.3 Å². The van der Waals surface area contributed by atoms with Crippen LogP contribution in [0.1, 0.15) is 188 Å². The summed E-state index contributed by atoms with van der Waals surface area (Å²) in [5.41, 5.74) is 11.4. The second-order valence-corrected chi connectivity index (χ2v) is 43.4. The van der Waals surface area contributed by atoms with Crippen LogP contribution < -0.4 is 74.9 Å². The van der Waals surface area contributed by atoms with Crippen molar-refractivity contribution in [1.82, 2.24) is 91.7 Å². The van der Waals surface area contributed by atoms with Crippen molar-refractivity contribution in [3.8, 4) is 33.9 Å². The fraction of sp³-hybridized carbons (Fsp3) is 0.524. The molecule has 2 saturated carbocycles. The minimum Gasteiger partial charge on any atom is -0.375 e. The minimum absolute atomic E-state index is 0.0451. The van der Waals surface area contributed by atoms with Gasteiger partial charge in [-0.25, -0.2) is 19.3 Å². The SMILES string of the molecule is CN[C@@H](C)C(=O)NC1CCC[C@@H]2SC[C@@H](C(=O)Nc3cc(C)nn3-c3ccccc3)N2C1=O.CN[C@@H](C)C(=O)NC1CCC[C@H]2SC[C@@H](C(=O)Nc3cc(C)nn3-c3ccccc3)N2C1=O.CN[C@@H](C)C(=O)N[C@H](C(=O)N1CCC[C@H]1C(=O)Nc1sc(N)nc1-c1ccccc1)C1CCCCC1.CN[C@@H](C)C(=O)N[C@H](C(=O)N1CCC[C@H]1C(=O)Nc1sc(NC(=O)C(C)(C)C)nc1-c1ccccc1)C1CCCCC1. The molecule has 14 atom stereocenters. The number of nitrogen functional groups attached to an aromatic ring is 1. The van der Waals surface area contributed by atoms with E-state index in [1.807, 2.05) is 168 Å². The Kier molecular flexibility index (Phi) is 38.8. The van der Waals surface area contributed by atoms with Gasteiger partial charge in [-0.3, -0.25) is 62.3 Å². The van der Waals surface area contributed by atoms with Crippen molar-refractivity contribution >= 4 is 155 Å². The van der Waals surface area contributed by atoms with Gasteiger partial charge in [0, 0.05) is 53.3 Å². The van der Waals surface area contributed by atoms with E-state index >= 15 is 0 Å². The van der Waals surface area contributed by atoms with Crippen molar-refractivity contribution in [2.24, 2.45) is 17.3 Å². The normalized spacial score (nSPS) is 21.4. The van der Waals surface area contributed by atoms with Gasteiger partial charge in [-0.05, 0) is 196 Å². The fourth-order valence-corrected chi connectivity index (χ4v) is 23.6. The van der Waals surface area contributed by atoms with Crippen LogP contribution in [-0.4, -0.2) is 262 Å². The number of hydrogen-bond donors (Lipinski definition) is 14. The van der Waals surface area contributed by atoms with E-state index in [-0.39, 0.29) is 99.4 Å². The summed E-state index contributed by atoms with van der Waals surface area (Å²) in [5.74, 6) is -0.510. The number of likely N-dealkylation sites (N-methyl/N-ethyl adjacent to an activating group) is 4. The highest BCUT2D eigenvalue weighted by Crippen LogP contribution is 2.43. The van der Waals surface area contributed by atoms with Crippen molar-refractivity contribution in [3.63, 3.8) is 0 Å². The first kappa shape index (κ1) is 109. The third-order valence-corrected chi connectivity index (χ3v) is 32.1. The first-order chi connectivity index (χ1) is 69.1. The molecule has 0 spiro atoms. The van der Waals surface area contributed by atoms with Crippen LogP contribution >= 0.6 is 46.2 Å². The van der Waals surface area contributed by atoms with Gasteiger partial charge in [-0.1, -0.05) is 179 Å². The maximum atomic E-state index is 14.0. The molecule has 6 aliphatic heterocycles. The summed E-state index contributed by atoms with van der Waals surface area (Å²) in [5, 5.41) is 49.0. The average Bonchev–Trinajstić information content (AvgIpc) is 1.66. The predicted octanol–water partition coefficient (Wildman–Crippen LogP) is 10.7. The van der Waals surface area contributed by atoms with E-state index in [0.717, 1.165) is 130 Å². The van der Waals surface area contributed by atoms with Gasteiger partial charge in [0.1, 0.15) is 81.4 Å². The van der Waals surface area contributed by atoms with Gasteiger partial charge in [0.25, 0.3) is 0 Å². The highest BCUT2D eigenvalue weighted by atomic mass is 32.2. The van der Waals surface area contributed by atoms with E-state index in [9.17, 15) is 62.3 Å². The topological polar surface area (TPSA) is 479 Å². The summed E-state index contributed by atoms with van der Waals surface area (Å²) in [4.78, 5) is 187. The lowest BCUT2D eigenvalue weighted by atomic mass is 9.83. The van der Waals surface area contributed by atoms with Crippen LogP contribution in [0.25, 0.3) is 33.9 Å². The summed E-state index contributed by atoms with van der Waals surface area (Å²) in [6.07, 6.45) is 16.9. The van der Waals surface area contributed by atoms with E-state index in [1.54, 1.807) is 108 Å². The third-order valence-electron chi connectivity index (χ3n) is 27.7. The fourth-order valence-electron chi connectivity index (χ4n) is 19.0. The van der Waals surface area contributed by atoms with Crippen LogP contribution in [0.3, 0.4) is 0 Å². The molecule has 4 aromatic carbocycles. The first-order valence-corrected chi connectivity index (χ1v) is 53.9. The Labute approximate surface area is 858 Å². The summed E-state index contributed by atoms with van der Waals surface area (Å²) in [7, 11) is 6.84. The first-order valence-electron chi connectivity index (χ1n) is 50.2. The number of benzene rings is 4. The van der Waals surface area contributed by atoms with Gasteiger partial charge in [-0.2, -0.15) is 10.2 Å². The summed E-state index contributed by atoms with van der Waals surface area (Å²) in [6, 6.07) is 35.2. The number of hydrogen-bond acceptors (Lipinski definition) is 26. The van der Waals surface area contributed by atoms with Gasteiger partial charge >= 0.3 is 0 Å². The van der Waals surface area contributed by atoms with E-state index in [1.165, 1.54) is 22.7 Å². The molecule has 10 heterocycles. The minimum atomic E-state index is -0.666. The maximum Gasteiger partial charge on any atom is 0.249 e. The van der Waals surface area contributed by atoms with Crippen molar-refractivity contribution in [3.05, 3.63) is 145 Å². The number of thiazole rings is 2. The van der Waals surface area contributed by atoms with Gasteiger partial charge in [0.2, 0.25) is 76.8 Å². The average molecular weight is 2050 g/mol. The molecule has 8 aromatic rings. The van der Waals surface area contributed by atoms with Gasteiger partial charge < -0.3 is 94.5 Å². The van der Waals surface area contributed by atoms with Crippen LogP contribution in [0.2, 0.25) is 0 Å². The molecule has 2 unspecified atom stereocenters. The molecule has 0 radical (unpaired) electrons. The number of carbonyl (C=O) groups excluding carboxylic acids is 13. The number of nitrogens with one attached hydrogen (secondary N) is 13. The van der Waals surface area contributed by atoms with Gasteiger partial charge in [0.05, 0.1) is 57.7 Å². The number of nitrogens with two attached hydrogens (primary N) is 1. The molecule has 41 heteroatoms. The zero-order valence-corrected chi connectivity index (χ0v) is 87.7. The summed E-state index contributed by atoms with van der Waals surface area (Å²) in [6.45, 7) is 17.2. The van der Waals surface area contributed by atoms with E-state index < -0.39 is 77.9 Å².